The molecule has 6 rings (SSSR count). The van der Waals surface area contributed by atoms with E-state index < -0.39 is 6.10 Å². The Morgan fingerprint density at radius 1 is 1.22 bits per heavy atom. The summed E-state index contributed by atoms with van der Waals surface area (Å²) in [5, 5.41) is 10.4. The van der Waals surface area contributed by atoms with Crippen molar-refractivity contribution < 1.29 is 28.4 Å². The van der Waals surface area contributed by atoms with Crippen LogP contribution in [0.15, 0.2) is 24.3 Å². The Bertz CT molecular complexity index is 1330. The van der Waals surface area contributed by atoms with Crippen molar-refractivity contribution in [1.82, 2.24) is 15.0 Å². The molecule has 3 aromatic rings. The lowest BCUT2D eigenvalue weighted by Crippen LogP contribution is -2.34. The fourth-order valence-corrected chi connectivity index (χ4v) is 5.79. The van der Waals surface area contributed by atoms with Crippen molar-refractivity contribution in [3.8, 4) is 6.01 Å². The average Bonchev–Trinajstić information content (AvgIpc) is 3.64. The molecule has 3 aliphatic rings. The zero-order valence-electron chi connectivity index (χ0n) is 20.5. The number of hydrogen-bond donors (Lipinski definition) is 2. The van der Waals surface area contributed by atoms with E-state index in [0.717, 1.165) is 29.5 Å². The van der Waals surface area contributed by atoms with E-state index in [0.29, 0.717) is 48.1 Å². The number of pyridine rings is 1. The molecule has 0 spiro atoms. The predicted octanol–water partition coefficient (Wildman–Crippen LogP) is 3.98. The second-order valence-electron chi connectivity index (χ2n) is 9.73. The van der Waals surface area contributed by atoms with Gasteiger partial charge in [0.1, 0.15) is 24.1 Å². The first kappa shape index (κ1) is 24.8. The molecule has 0 amide bonds. The van der Waals surface area contributed by atoms with Gasteiger partial charge in [0.2, 0.25) is 0 Å². The first-order valence-corrected chi connectivity index (χ1v) is 13.1. The third kappa shape index (κ3) is 4.86. The van der Waals surface area contributed by atoms with Crippen molar-refractivity contribution in [3.63, 3.8) is 0 Å². The Kier molecular flexibility index (Phi) is 6.89. The van der Waals surface area contributed by atoms with Crippen molar-refractivity contribution in [2.24, 2.45) is 0 Å². The molecule has 8 nitrogen and oxygen atoms in total. The van der Waals surface area contributed by atoms with Crippen LogP contribution in [0.3, 0.4) is 0 Å². The SMILES string of the molecule is CCOC/C=C/c1cc(F)c2c(c1)CC[C@@H]2Cc1nc2nc(O[C@@H]3CO[C@H]4[C@@H]3OC[C@H]4O)[nH]c2cc1Cl. The molecule has 2 fully saturated rings. The van der Waals surface area contributed by atoms with Crippen LogP contribution >= 0.6 is 11.6 Å². The van der Waals surface area contributed by atoms with E-state index in [2.05, 4.69) is 21.0 Å². The minimum absolute atomic E-state index is 0.00733. The van der Waals surface area contributed by atoms with Gasteiger partial charge in [-0.2, -0.15) is 4.98 Å². The molecule has 0 bridgehead atoms. The summed E-state index contributed by atoms with van der Waals surface area (Å²) in [4.78, 5) is 12.3. The number of aromatic nitrogens is 3. The van der Waals surface area contributed by atoms with Gasteiger partial charge in [-0.1, -0.05) is 29.8 Å². The molecule has 2 saturated heterocycles. The molecule has 1 aliphatic carbocycles. The zero-order valence-corrected chi connectivity index (χ0v) is 21.2. The number of nitrogens with zero attached hydrogens (tertiary/aromatic N) is 2. The number of fused-ring (bicyclic) bond motifs is 3. The Balaban J connectivity index is 1.18. The lowest BCUT2D eigenvalue weighted by molar-refractivity contribution is 0.00706. The zero-order chi connectivity index (χ0) is 25.5. The normalized spacial score (nSPS) is 26.9. The molecule has 2 aliphatic heterocycles. The second kappa shape index (κ2) is 10.3. The molecule has 0 unspecified atom stereocenters. The highest BCUT2D eigenvalue weighted by atomic mass is 35.5. The molecule has 5 atom stereocenters. The van der Waals surface area contributed by atoms with Crippen LogP contribution in [0, 0.1) is 5.82 Å². The summed E-state index contributed by atoms with van der Waals surface area (Å²) in [6.07, 6.45) is 4.22. The number of benzene rings is 1. The van der Waals surface area contributed by atoms with Crippen LogP contribution in [0.2, 0.25) is 5.02 Å². The number of halogens is 2. The van der Waals surface area contributed by atoms with E-state index in [1.807, 2.05) is 19.1 Å². The quantitative estimate of drug-likeness (QED) is 0.426. The van der Waals surface area contributed by atoms with Crippen molar-refractivity contribution >= 4 is 28.8 Å². The summed E-state index contributed by atoms with van der Waals surface area (Å²) in [6.45, 7) is 3.64. The molecule has 4 heterocycles. The van der Waals surface area contributed by atoms with Crippen LogP contribution in [0.1, 0.15) is 41.6 Å². The van der Waals surface area contributed by atoms with E-state index >= 15 is 4.39 Å². The molecule has 2 aromatic heterocycles. The van der Waals surface area contributed by atoms with Crippen LogP contribution < -0.4 is 4.74 Å². The Morgan fingerprint density at radius 2 is 2.08 bits per heavy atom. The predicted molar refractivity (Wildman–Crippen MR) is 135 cm³/mol. The Hall–Kier alpha value is -2.56. The monoisotopic (exact) mass is 529 g/mol. The lowest BCUT2D eigenvalue weighted by Gasteiger charge is -2.15. The van der Waals surface area contributed by atoms with Gasteiger partial charge >= 0.3 is 0 Å². The third-order valence-electron chi connectivity index (χ3n) is 7.30. The number of aliphatic hydroxyl groups excluding tert-OH is 1. The molecular formula is C27H29ClFN3O5. The average molecular weight is 530 g/mol. The smallest absolute Gasteiger partial charge is 0.296 e. The first-order valence-electron chi connectivity index (χ1n) is 12.7. The molecular weight excluding hydrogens is 501 g/mol. The summed E-state index contributed by atoms with van der Waals surface area (Å²) < 4.78 is 37.7. The van der Waals surface area contributed by atoms with Crippen molar-refractivity contribution in [2.75, 3.05) is 26.4 Å². The van der Waals surface area contributed by atoms with Gasteiger partial charge in [-0.15, -0.1) is 0 Å². The number of ether oxygens (including phenoxy) is 4. The Labute approximate surface area is 218 Å². The highest BCUT2D eigenvalue weighted by molar-refractivity contribution is 6.31. The van der Waals surface area contributed by atoms with E-state index in [9.17, 15) is 5.11 Å². The van der Waals surface area contributed by atoms with Crippen LogP contribution in [0.4, 0.5) is 4.39 Å². The maximum Gasteiger partial charge on any atom is 0.296 e. The van der Waals surface area contributed by atoms with Crippen molar-refractivity contribution in [2.45, 2.75) is 56.5 Å². The van der Waals surface area contributed by atoms with Gasteiger partial charge in [0.25, 0.3) is 6.01 Å². The molecule has 37 heavy (non-hydrogen) atoms. The van der Waals surface area contributed by atoms with Gasteiger partial charge in [-0.25, -0.2) is 9.37 Å². The first-order chi connectivity index (χ1) is 18.0. The fraction of sp³-hybridized carbons (Fsp3) is 0.481. The third-order valence-corrected chi connectivity index (χ3v) is 7.63. The van der Waals surface area contributed by atoms with Crippen LogP contribution in [0.5, 0.6) is 6.01 Å². The Morgan fingerprint density at radius 3 is 2.95 bits per heavy atom. The van der Waals surface area contributed by atoms with Gasteiger partial charge in [-0.05, 0) is 60.9 Å². The number of aliphatic hydroxyl groups is 1. The number of imidazole rings is 1. The highest BCUT2D eigenvalue weighted by Crippen LogP contribution is 2.39. The van der Waals surface area contributed by atoms with Gasteiger partial charge in [-0.3, -0.25) is 0 Å². The highest BCUT2D eigenvalue weighted by Gasteiger charge is 2.48. The number of nitrogens with one attached hydrogen (secondary N) is 1. The molecule has 10 heteroatoms. The molecule has 2 N–H and O–H groups in total. The van der Waals surface area contributed by atoms with Gasteiger partial charge in [0.05, 0.1) is 36.1 Å². The van der Waals surface area contributed by atoms with Gasteiger partial charge in [0, 0.05) is 6.61 Å². The molecule has 1 aromatic carbocycles. The van der Waals surface area contributed by atoms with Gasteiger partial charge < -0.3 is 29.0 Å². The number of H-pyrrole nitrogens is 1. The van der Waals surface area contributed by atoms with Crippen LogP contribution in [0.25, 0.3) is 17.2 Å². The summed E-state index contributed by atoms with van der Waals surface area (Å²) in [6, 6.07) is 5.71. The number of hydrogen-bond acceptors (Lipinski definition) is 7. The summed E-state index contributed by atoms with van der Waals surface area (Å²) in [5.41, 5.74) is 4.43. The molecule has 0 saturated carbocycles. The van der Waals surface area contributed by atoms with E-state index in [4.69, 9.17) is 30.5 Å². The molecule has 196 valence electrons. The van der Waals surface area contributed by atoms with Crippen LogP contribution in [-0.4, -0.2) is 70.9 Å². The summed E-state index contributed by atoms with van der Waals surface area (Å²) in [5.74, 6) is -0.202. The summed E-state index contributed by atoms with van der Waals surface area (Å²) >= 11 is 6.59. The van der Waals surface area contributed by atoms with E-state index in [-0.39, 0.29) is 42.7 Å². The number of rotatable bonds is 8. The van der Waals surface area contributed by atoms with Crippen molar-refractivity contribution in [3.05, 3.63) is 57.5 Å². The molecule has 0 radical (unpaired) electrons. The largest absolute Gasteiger partial charge is 0.456 e. The van der Waals surface area contributed by atoms with E-state index in [1.165, 1.54) is 0 Å². The fourth-order valence-electron chi connectivity index (χ4n) is 5.56. The van der Waals surface area contributed by atoms with E-state index in [1.54, 1.807) is 12.1 Å². The minimum atomic E-state index is -0.647. The van der Waals surface area contributed by atoms with Gasteiger partial charge in [0.15, 0.2) is 11.8 Å². The lowest BCUT2D eigenvalue weighted by atomic mass is 9.94. The topological polar surface area (TPSA) is 98.7 Å². The maximum absolute atomic E-state index is 15.2. The van der Waals surface area contributed by atoms with Crippen LogP contribution in [-0.2, 0) is 27.1 Å². The summed E-state index contributed by atoms with van der Waals surface area (Å²) in [7, 11) is 0. The number of aryl methyl sites for hydroxylation is 1. The minimum Gasteiger partial charge on any atom is -0.456 e. The maximum atomic E-state index is 15.2. The second-order valence-corrected chi connectivity index (χ2v) is 10.1. The standard InChI is InChI=1S/C27H29ClFN3O5/c1-2-34-7-3-4-14-8-15-5-6-16(23(15)18(29)9-14)10-19-17(28)11-20-26(30-19)32-27(31-20)37-22-13-36-24-21(33)12-35-25(22)24/h3-4,8-9,11,16,21-22,24-25,33H,2,5-7,10,12-13H2,1H3,(H,30,31,32)/b4-3+/t16-,21-,22-,24-,25-/m1/s1. The number of aromatic amines is 1. The van der Waals surface area contributed by atoms with Crippen molar-refractivity contribution in [1.29, 1.82) is 0 Å².